The Bertz CT molecular complexity index is 1490. The molecule has 0 saturated heterocycles. The second kappa shape index (κ2) is 9.22. The molecule has 0 atom stereocenters. The summed E-state index contributed by atoms with van der Waals surface area (Å²) in [5.41, 5.74) is -1.34. The molecule has 2 heterocycles. The van der Waals surface area contributed by atoms with Gasteiger partial charge in [0.1, 0.15) is 28.7 Å². The summed E-state index contributed by atoms with van der Waals surface area (Å²) in [4.78, 5) is 49.4. The van der Waals surface area contributed by atoms with E-state index in [0.29, 0.717) is 23.2 Å². The molecule has 0 saturated carbocycles. The Hall–Kier alpha value is -4.66. The van der Waals surface area contributed by atoms with Gasteiger partial charge in [-0.25, -0.2) is 4.79 Å². The van der Waals surface area contributed by atoms with Crippen molar-refractivity contribution in [1.29, 1.82) is 0 Å². The Kier molecular flexibility index (Phi) is 6.21. The van der Waals surface area contributed by atoms with Crippen LogP contribution in [0.5, 0.6) is 28.7 Å². The number of ether oxygens (including phenoxy) is 5. The van der Waals surface area contributed by atoms with Gasteiger partial charge >= 0.3 is 17.9 Å². The molecule has 9 nitrogen and oxygen atoms in total. The monoisotopic (exact) mass is 544 g/mol. The van der Waals surface area contributed by atoms with Gasteiger partial charge in [0, 0.05) is 28.8 Å². The standard InChI is InChI=1S/C31H28O9/c1-29(2,3)27(34)37-18-8-11-21-24(14-18)39-25-15-19(38-28(35)30(4,5)6)9-12-22(25)31(21)23-13-17(36-16-32)7-10-20(23)26(33)40-31/h7-16H,1-6H3. The molecule has 2 aliphatic heterocycles. The Morgan fingerprint density at radius 3 is 1.70 bits per heavy atom. The third-order valence-electron chi connectivity index (χ3n) is 6.55. The Morgan fingerprint density at radius 2 is 1.23 bits per heavy atom. The minimum atomic E-state index is -1.49. The van der Waals surface area contributed by atoms with Crippen LogP contribution in [0.15, 0.2) is 54.6 Å². The van der Waals surface area contributed by atoms with Gasteiger partial charge in [-0.05, 0) is 84.0 Å². The van der Waals surface area contributed by atoms with Crippen LogP contribution in [-0.2, 0) is 24.7 Å². The predicted molar refractivity (Wildman–Crippen MR) is 142 cm³/mol. The first-order chi connectivity index (χ1) is 18.7. The van der Waals surface area contributed by atoms with Crippen molar-refractivity contribution in [1.82, 2.24) is 0 Å². The summed E-state index contributed by atoms with van der Waals surface area (Å²) in [7, 11) is 0. The number of benzene rings is 3. The molecule has 0 radical (unpaired) electrons. The van der Waals surface area contributed by atoms with Gasteiger partial charge in [-0.1, -0.05) is 0 Å². The highest BCUT2D eigenvalue weighted by atomic mass is 16.6. The van der Waals surface area contributed by atoms with Gasteiger partial charge in [-0.3, -0.25) is 14.4 Å². The van der Waals surface area contributed by atoms with Gasteiger partial charge in [-0.15, -0.1) is 0 Å². The highest BCUT2D eigenvalue weighted by Crippen LogP contribution is 2.57. The molecule has 3 aromatic rings. The van der Waals surface area contributed by atoms with Crippen LogP contribution in [0.3, 0.4) is 0 Å². The van der Waals surface area contributed by atoms with E-state index in [0.717, 1.165) is 0 Å². The molecule has 0 aliphatic carbocycles. The van der Waals surface area contributed by atoms with Gasteiger partial charge in [0.25, 0.3) is 6.47 Å². The van der Waals surface area contributed by atoms with E-state index >= 15 is 0 Å². The third-order valence-corrected chi connectivity index (χ3v) is 6.55. The lowest BCUT2D eigenvalue weighted by Gasteiger charge is -2.36. The lowest BCUT2D eigenvalue weighted by molar-refractivity contribution is -0.143. The summed E-state index contributed by atoms with van der Waals surface area (Å²) >= 11 is 0. The van der Waals surface area contributed by atoms with Crippen molar-refractivity contribution in [2.75, 3.05) is 0 Å². The molecule has 2 aliphatic rings. The second-order valence-corrected chi connectivity index (χ2v) is 11.7. The van der Waals surface area contributed by atoms with Gasteiger partial charge in [-0.2, -0.15) is 0 Å². The van der Waals surface area contributed by atoms with Crippen LogP contribution in [0.25, 0.3) is 0 Å². The van der Waals surface area contributed by atoms with Gasteiger partial charge in [0.05, 0.1) is 16.4 Å². The number of esters is 3. The summed E-state index contributed by atoms with van der Waals surface area (Å²) in [5.74, 6) is -0.274. The normalized spacial score (nSPS) is 14.7. The van der Waals surface area contributed by atoms with E-state index in [1.807, 2.05) is 0 Å². The fraction of sp³-hybridized carbons (Fsp3) is 0.290. The number of hydrogen-bond donors (Lipinski definition) is 0. The maximum atomic E-state index is 13.2. The molecule has 0 bridgehead atoms. The Balaban J connectivity index is 1.69. The van der Waals surface area contributed by atoms with Crippen molar-refractivity contribution >= 4 is 24.4 Å². The van der Waals surface area contributed by atoms with Gasteiger partial charge in [0.2, 0.25) is 0 Å². The number of carbonyl (C=O) groups is 4. The molecule has 1 spiro atoms. The van der Waals surface area contributed by atoms with Crippen molar-refractivity contribution < 1.29 is 42.9 Å². The summed E-state index contributed by atoms with van der Waals surface area (Å²) < 4.78 is 28.6. The quantitative estimate of drug-likeness (QED) is 0.232. The largest absolute Gasteiger partial charge is 0.456 e. The summed E-state index contributed by atoms with van der Waals surface area (Å²) in [6.45, 7) is 10.7. The maximum Gasteiger partial charge on any atom is 0.340 e. The van der Waals surface area contributed by atoms with E-state index in [1.54, 1.807) is 71.9 Å². The maximum absolute atomic E-state index is 13.2. The van der Waals surface area contributed by atoms with Gasteiger partial charge in [0.15, 0.2) is 5.60 Å². The number of fused-ring (bicyclic) bond motifs is 6. The smallest absolute Gasteiger partial charge is 0.340 e. The lowest BCUT2D eigenvalue weighted by Crippen LogP contribution is -2.33. The van der Waals surface area contributed by atoms with E-state index in [-0.39, 0.29) is 34.3 Å². The lowest BCUT2D eigenvalue weighted by atomic mass is 9.77. The van der Waals surface area contributed by atoms with Gasteiger partial charge < -0.3 is 23.7 Å². The zero-order valence-corrected chi connectivity index (χ0v) is 22.9. The highest BCUT2D eigenvalue weighted by Gasteiger charge is 2.54. The van der Waals surface area contributed by atoms with E-state index in [9.17, 15) is 19.2 Å². The van der Waals surface area contributed by atoms with Crippen molar-refractivity contribution in [3.8, 4) is 28.7 Å². The Labute approximate surface area is 230 Å². The fourth-order valence-electron chi connectivity index (χ4n) is 4.44. The van der Waals surface area contributed by atoms with Crippen molar-refractivity contribution in [3.05, 3.63) is 76.9 Å². The summed E-state index contributed by atoms with van der Waals surface area (Å²) in [6.07, 6.45) is 0. The first kappa shape index (κ1) is 26.9. The first-order valence-electron chi connectivity index (χ1n) is 12.6. The molecule has 40 heavy (non-hydrogen) atoms. The van der Waals surface area contributed by atoms with E-state index in [1.165, 1.54) is 24.3 Å². The zero-order valence-electron chi connectivity index (χ0n) is 22.9. The topological polar surface area (TPSA) is 114 Å². The molecular formula is C31H28O9. The molecule has 0 N–H and O–H groups in total. The average Bonchev–Trinajstić information content (AvgIpc) is 3.15. The molecule has 9 heteroatoms. The van der Waals surface area contributed by atoms with Crippen molar-refractivity contribution in [3.63, 3.8) is 0 Å². The molecule has 206 valence electrons. The van der Waals surface area contributed by atoms with Crippen LogP contribution in [0.1, 0.15) is 68.6 Å². The Morgan fingerprint density at radius 1 is 0.725 bits per heavy atom. The number of rotatable bonds is 4. The molecular weight excluding hydrogens is 516 g/mol. The zero-order chi connectivity index (χ0) is 29.0. The number of hydrogen-bond acceptors (Lipinski definition) is 9. The van der Waals surface area contributed by atoms with Crippen LogP contribution in [0.2, 0.25) is 0 Å². The highest BCUT2D eigenvalue weighted by molar-refractivity contribution is 5.97. The van der Waals surface area contributed by atoms with Crippen LogP contribution < -0.4 is 18.9 Å². The molecule has 0 aromatic heterocycles. The first-order valence-corrected chi connectivity index (χ1v) is 12.6. The molecule has 5 rings (SSSR count). The minimum Gasteiger partial charge on any atom is -0.456 e. The van der Waals surface area contributed by atoms with Crippen LogP contribution in [-0.4, -0.2) is 24.4 Å². The third kappa shape index (κ3) is 4.47. The minimum absolute atomic E-state index is 0.215. The molecule has 0 fully saturated rings. The summed E-state index contributed by atoms with van der Waals surface area (Å²) in [5, 5.41) is 0. The fourth-order valence-corrected chi connectivity index (χ4v) is 4.44. The second-order valence-electron chi connectivity index (χ2n) is 11.7. The van der Waals surface area contributed by atoms with E-state index in [4.69, 9.17) is 23.7 Å². The van der Waals surface area contributed by atoms with Crippen molar-refractivity contribution in [2.45, 2.75) is 47.1 Å². The van der Waals surface area contributed by atoms with E-state index in [2.05, 4.69) is 0 Å². The average molecular weight is 545 g/mol. The van der Waals surface area contributed by atoms with Crippen LogP contribution >= 0.6 is 0 Å². The SMILES string of the molecule is CC(C)(C)C(=O)Oc1ccc2c(c1)Oc1cc(OC(=O)C(C)(C)C)ccc1C21OC(=O)c2ccc(OC=O)cc21. The van der Waals surface area contributed by atoms with Crippen molar-refractivity contribution in [2.24, 2.45) is 10.8 Å². The van der Waals surface area contributed by atoms with Crippen LogP contribution in [0.4, 0.5) is 0 Å². The molecule has 0 amide bonds. The summed E-state index contributed by atoms with van der Waals surface area (Å²) in [6, 6.07) is 14.2. The van der Waals surface area contributed by atoms with E-state index < -0.39 is 34.3 Å². The predicted octanol–water partition coefficient (Wildman–Crippen LogP) is 5.69. The molecule has 3 aromatic carbocycles. The van der Waals surface area contributed by atoms with Crippen LogP contribution in [0, 0.1) is 10.8 Å². The number of carbonyl (C=O) groups excluding carboxylic acids is 4. The molecule has 0 unspecified atom stereocenters.